The van der Waals surface area contributed by atoms with Gasteiger partial charge in [0.2, 0.25) is 0 Å². The number of amides is 1. The van der Waals surface area contributed by atoms with Crippen LogP contribution >= 0.6 is 18.3 Å². The molecule has 92 valence electrons. The zero-order valence-electron chi connectivity index (χ0n) is 8.15. The molecule has 10 heteroatoms. The number of anilines is 1. The Kier molecular flexibility index (Phi) is 3.35. The quantitative estimate of drug-likeness (QED) is 0.482. The predicted molar refractivity (Wildman–Crippen MR) is 63.6 cm³/mol. The first-order chi connectivity index (χ1) is 7.87. The van der Waals surface area contributed by atoms with Crippen molar-refractivity contribution in [1.82, 2.24) is 4.98 Å². The monoisotopic (exact) mass is 297 g/mol. The number of halogens is 1. The maximum Gasteiger partial charge on any atom is 0.528 e. The molecule has 1 aromatic rings. The number of hydrogen-bond acceptors (Lipinski definition) is 3. The van der Waals surface area contributed by atoms with Crippen molar-refractivity contribution in [3.8, 4) is 5.75 Å². The molecule has 1 aromatic heterocycles. The molecule has 1 aliphatic rings. The van der Waals surface area contributed by atoms with Gasteiger partial charge in [0.1, 0.15) is 0 Å². The van der Waals surface area contributed by atoms with Crippen molar-refractivity contribution < 1.29 is 24.2 Å². The molecule has 17 heavy (non-hydrogen) atoms. The third kappa shape index (κ3) is 2.92. The van der Waals surface area contributed by atoms with E-state index in [1.165, 1.54) is 12.3 Å². The first kappa shape index (κ1) is 12.7. The second-order valence-corrected chi connectivity index (χ2v) is 7.06. The molecule has 0 aromatic carbocycles. The molecule has 0 unspecified atom stereocenters. The molecule has 0 saturated carbocycles. The molecule has 0 fully saturated rings. The van der Waals surface area contributed by atoms with E-state index in [2.05, 4.69) is 4.98 Å². The third-order valence-corrected chi connectivity index (χ3v) is 3.86. The van der Waals surface area contributed by atoms with Gasteiger partial charge in [0.25, 0.3) is 0 Å². The number of pyridine rings is 1. The lowest BCUT2D eigenvalue weighted by atomic mass is 10.4. The predicted octanol–water partition coefficient (Wildman–Crippen LogP) is 0.748. The minimum atomic E-state index is -4.23. The number of hydrogen-bond donors (Lipinski definition) is 3. The molecule has 0 radical (unpaired) electrons. The van der Waals surface area contributed by atoms with Crippen molar-refractivity contribution in [3.05, 3.63) is 17.3 Å². The summed E-state index contributed by atoms with van der Waals surface area (Å²) < 4.78 is 5.14. The average Bonchev–Trinajstić information content (AvgIpc) is 2.57. The van der Waals surface area contributed by atoms with Crippen LogP contribution in [-0.2, 0) is 10.9 Å². The van der Waals surface area contributed by atoms with E-state index in [1.54, 1.807) is 0 Å². The van der Waals surface area contributed by atoms with E-state index in [-0.39, 0.29) is 23.5 Å². The lowest BCUT2D eigenvalue weighted by Gasteiger charge is -2.03. The van der Waals surface area contributed by atoms with Crippen molar-refractivity contribution in [3.63, 3.8) is 0 Å². The van der Waals surface area contributed by atoms with Gasteiger partial charge >= 0.3 is 22.9 Å². The Hall–Kier alpha value is -0.760. The maximum absolute atomic E-state index is 11.6. The molecule has 3 N–H and O–H groups in total. The molecule has 2 rings (SSSR count). The number of ether oxygens (including phenoxy) is 1. The Morgan fingerprint density at radius 3 is 2.94 bits per heavy atom. The average molecular weight is 298 g/mol. The molecular formula is C7H7ClN2O5PS+. The highest BCUT2D eigenvalue weighted by Gasteiger charge is 2.38. The highest BCUT2D eigenvalue weighted by atomic mass is 35.5. The lowest BCUT2D eigenvalue weighted by Crippen LogP contribution is -2.28. The van der Waals surface area contributed by atoms with Crippen LogP contribution in [0.1, 0.15) is 0 Å². The minimum Gasteiger partial charge on any atom is -0.468 e. The number of carbonyl (C=O) groups is 1. The van der Waals surface area contributed by atoms with Gasteiger partial charge in [-0.3, -0.25) is 14.7 Å². The Balaban J connectivity index is 2.32. The van der Waals surface area contributed by atoms with E-state index < -0.39 is 12.0 Å². The lowest BCUT2D eigenvalue weighted by molar-refractivity contribution is 0.260. The summed E-state index contributed by atoms with van der Waals surface area (Å²) in [4.78, 5) is 42.9. The van der Waals surface area contributed by atoms with E-state index in [0.717, 1.165) is 4.90 Å². The normalized spacial score (nSPS) is 14.2. The van der Waals surface area contributed by atoms with Crippen molar-refractivity contribution in [2.24, 2.45) is 0 Å². The molecule has 2 heterocycles. The summed E-state index contributed by atoms with van der Waals surface area (Å²) in [6.45, 7) is -4.35. The molecule has 0 atom stereocenters. The number of carbonyl (C=O) groups excluding carboxylic acids is 1. The smallest absolute Gasteiger partial charge is 0.468 e. The van der Waals surface area contributed by atoms with Gasteiger partial charge in [-0.05, 0) is 0 Å². The van der Waals surface area contributed by atoms with Crippen LogP contribution in [0.15, 0.2) is 12.3 Å². The fourth-order valence-corrected chi connectivity index (χ4v) is 2.73. The first-order valence-corrected chi connectivity index (χ1v) is 7.68. The summed E-state index contributed by atoms with van der Waals surface area (Å²) in [5, 5.41) is -0.404. The first-order valence-electron chi connectivity index (χ1n) is 4.23. The van der Waals surface area contributed by atoms with Crippen molar-refractivity contribution >= 4 is 40.3 Å². The number of rotatable bonds is 0. The Morgan fingerprint density at radius 1 is 1.59 bits per heavy atom. The number of aromatic nitrogens is 1. The summed E-state index contributed by atoms with van der Waals surface area (Å²) in [5.41, 5.74) is 0. The topological polar surface area (TPSA) is 103 Å². The third-order valence-electron chi connectivity index (χ3n) is 1.83. The van der Waals surface area contributed by atoms with Gasteiger partial charge < -0.3 is 4.74 Å². The molecule has 1 amide bonds. The van der Waals surface area contributed by atoms with Gasteiger partial charge in [0.05, 0.1) is 5.02 Å². The maximum atomic E-state index is 11.6. The van der Waals surface area contributed by atoms with Gasteiger partial charge in [-0.15, -0.1) is 0 Å². The van der Waals surface area contributed by atoms with Crippen LogP contribution < -0.4 is 9.64 Å². The Labute approximate surface area is 104 Å². The van der Waals surface area contributed by atoms with Crippen LogP contribution in [0.4, 0.5) is 10.6 Å². The van der Waals surface area contributed by atoms with Crippen molar-refractivity contribution in [2.45, 2.75) is 0 Å². The summed E-state index contributed by atoms with van der Waals surface area (Å²) in [6.07, 6.45) is 1.33. The van der Waals surface area contributed by atoms with Crippen LogP contribution in [0.3, 0.4) is 0 Å². The molecule has 0 aliphatic carbocycles. The van der Waals surface area contributed by atoms with Crippen molar-refractivity contribution in [2.75, 3.05) is 11.6 Å². The highest BCUT2D eigenvalue weighted by molar-refractivity contribution is 8.25. The number of fused-ring (bicyclic) bond motifs is 1. The zero-order valence-corrected chi connectivity index (χ0v) is 10.6. The van der Waals surface area contributed by atoms with Crippen LogP contribution in [0.2, 0.25) is 5.02 Å². The second kappa shape index (κ2) is 4.49. The molecule has 7 nitrogen and oxygen atoms in total. The van der Waals surface area contributed by atoms with E-state index in [9.17, 15) is 4.79 Å². The van der Waals surface area contributed by atoms with E-state index in [1.807, 2.05) is 0 Å². The van der Waals surface area contributed by atoms with Gasteiger partial charge in [-0.1, -0.05) is 11.6 Å². The minimum absolute atomic E-state index is 0.0336. The number of nitrogens with zero attached hydrogens (tertiary/aromatic N) is 2. The SMILES string of the molecule is O=C([S+]=P(O)(O)O)N1COc2cc(Cl)cnc21. The molecule has 0 saturated heterocycles. The molecule has 0 spiro atoms. The van der Waals surface area contributed by atoms with Crippen LogP contribution in [-0.4, -0.2) is 31.6 Å². The van der Waals surface area contributed by atoms with E-state index in [0.29, 0.717) is 10.8 Å². The summed E-state index contributed by atoms with van der Waals surface area (Å²) in [6, 6.07) is 1.49. The fourth-order valence-electron chi connectivity index (χ4n) is 1.21. The van der Waals surface area contributed by atoms with Crippen LogP contribution in [0.25, 0.3) is 0 Å². The summed E-state index contributed by atoms with van der Waals surface area (Å²) in [5.74, 6) is 0.546. The van der Waals surface area contributed by atoms with Gasteiger partial charge in [0.15, 0.2) is 18.3 Å². The van der Waals surface area contributed by atoms with E-state index in [4.69, 9.17) is 31.0 Å². The second-order valence-electron chi connectivity index (χ2n) is 3.05. The molecular weight excluding hydrogens is 291 g/mol. The molecule has 0 bridgehead atoms. The summed E-state index contributed by atoms with van der Waals surface area (Å²) in [7, 11) is 0.0336. The zero-order chi connectivity index (χ0) is 12.6. The van der Waals surface area contributed by atoms with Gasteiger partial charge in [0, 0.05) is 12.3 Å². The van der Waals surface area contributed by atoms with Gasteiger partial charge in [-0.25, -0.2) is 14.7 Å². The van der Waals surface area contributed by atoms with Gasteiger partial charge in [-0.2, -0.15) is 0 Å². The standard InChI is InChI=1S/C7H6ClN2O5PS/c8-4-1-5-6(9-2-4)10(3-15-5)7(11)17-16(12,13)14/h1-2H,3H2,(H2-,11,12,13,14)/p+1. The Bertz CT molecular complexity index is 525. The van der Waals surface area contributed by atoms with Crippen molar-refractivity contribution in [1.29, 1.82) is 0 Å². The Morgan fingerprint density at radius 2 is 2.29 bits per heavy atom. The van der Waals surface area contributed by atoms with Crippen LogP contribution in [0.5, 0.6) is 5.75 Å². The summed E-state index contributed by atoms with van der Waals surface area (Å²) >= 11 is 5.69. The fraction of sp³-hybridized carbons (Fsp3) is 0.143. The largest absolute Gasteiger partial charge is 0.528 e. The van der Waals surface area contributed by atoms with E-state index >= 15 is 0 Å². The highest BCUT2D eigenvalue weighted by Crippen LogP contribution is 2.36. The molecule has 1 aliphatic heterocycles. The van der Waals surface area contributed by atoms with Crippen LogP contribution in [0, 0.1) is 0 Å².